The number of rotatable bonds is 4. The van der Waals surface area contributed by atoms with Gasteiger partial charge in [0.15, 0.2) is 11.5 Å². The van der Waals surface area contributed by atoms with Crippen LogP contribution in [0.1, 0.15) is 33.7 Å². The maximum absolute atomic E-state index is 13.0. The van der Waals surface area contributed by atoms with Crippen LogP contribution >= 0.6 is 11.5 Å². The number of Topliss-reactive ketones (excluding diaryl/α,β-unsaturated/α-hetero) is 1. The zero-order valence-electron chi connectivity index (χ0n) is 14.9. The van der Waals surface area contributed by atoms with Gasteiger partial charge in [-0.15, -0.1) is 5.10 Å². The number of aromatic nitrogens is 2. The van der Waals surface area contributed by atoms with Gasteiger partial charge in [-0.2, -0.15) is 0 Å². The molecule has 6 nitrogen and oxygen atoms in total. The number of likely N-dealkylation sites (tertiary alicyclic amines) is 1. The molecule has 2 heterocycles. The molecule has 1 aliphatic heterocycles. The van der Waals surface area contributed by atoms with E-state index in [-0.39, 0.29) is 17.6 Å². The van der Waals surface area contributed by atoms with Crippen LogP contribution < -0.4 is 4.74 Å². The number of ether oxygens (including phenoxy) is 1. The van der Waals surface area contributed by atoms with Crippen LogP contribution in [0.15, 0.2) is 41.8 Å². The number of benzene rings is 2. The van der Waals surface area contributed by atoms with Crippen LogP contribution in [0.3, 0.4) is 0 Å². The smallest absolute Gasteiger partial charge is 0.275 e. The molecule has 0 N–H and O–H groups in total. The number of piperidine rings is 1. The molecule has 3 aromatic rings. The number of carbonyl (C=O) groups is 2. The van der Waals surface area contributed by atoms with E-state index in [9.17, 15) is 9.59 Å². The fraction of sp³-hybridized carbons (Fsp3) is 0.300. The van der Waals surface area contributed by atoms with Gasteiger partial charge in [0.25, 0.3) is 5.91 Å². The fourth-order valence-electron chi connectivity index (χ4n) is 3.54. The van der Waals surface area contributed by atoms with Crippen LogP contribution in [0.2, 0.25) is 0 Å². The predicted molar refractivity (Wildman–Crippen MR) is 103 cm³/mol. The topological polar surface area (TPSA) is 72.4 Å². The lowest BCUT2D eigenvalue weighted by atomic mass is 9.89. The lowest BCUT2D eigenvalue weighted by Crippen LogP contribution is -2.42. The minimum absolute atomic E-state index is 0.0848. The van der Waals surface area contributed by atoms with Crippen molar-refractivity contribution in [3.8, 4) is 5.75 Å². The summed E-state index contributed by atoms with van der Waals surface area (Å²) in [6.07, 6.45) is 1.60. The summed E-state index contributed by atoms with van der Waals surface area (Å²) in [4.78, 5) is 27.3. The lowest BCUT2D eigenvalue weighted by molar-refractivity contribution is 0.0632. The van der Waals surface area contributed by atoms with Crippen molar-refractivity contribution < 1.29 is 14.3 Å². The molecule has 0 saturated carbocycles. The second-order valence-corrected chi connectivity index (χ2v) is 7.28. The van der Waals surface area contributed by atoms with Gasteiger partial charge in [-0.1, -0.05) is 22.7 Å². The van der Waals surface area contributed by atoms with E-state index in [1.165, 1.54) is 0 Å². The van der Waals surface area contributed by atoms with E-state index in [2.05, 4.69) is 9.59 Å². The minimum atomic E-state index is -0.190. The van der Waals surface area contributed by atoms with Gasteiger partial charge in [0.2, 0.25) is 0 Å². The Balaban J connectivity index is 1.53. The molecule has 0 bridgehead atoms. The van der Waals surface area contributed by atoms with Gasteiger partial charge in [-0.05, 0) is 53.3 Å². The average Bonchev–Trinajstić information content (AvgIpc) is 3.27. The maximum Gasteiger partial charge on any atom is 0.275 e. The quantitative estimate of drug-likeness (QED) is 0.648. The molecule has 138 valence electrons. The number of nitrogens with zero attached hydrogens (tertiary/aromatic N) is 3. The standard InChI is InChI=1S/C20H19N3O3S/c1-26-17-7-6-13-9-15(5-4-14(13)10-17)19(24)16-3-2-8-23(11-16)20(25)18-12-27-22-21-18/h4-7,9-10,12,16H,2-3,8,11H2,1H3. The number of amides is 1. The number of fused-ring (bicyclic) bond motifs is 1. The first-order valence-corrected chi connectivity index (χ1v) is 9.68. The molecule has 0 radical (unpaired) electrons. The molecule has 2 aromatic carbocycles. The molecular weight excluding hydrogens is 362 g/mol. The number of carbonyl (C=O) groups excluding carboxylic acids is 2. The zero-order valence-corrected chi connectivity index (χ0v) is 15.7. The molecule has 4 rings (SSSR count). The summed E-state index contributed by atoms with van der Waals surface area (Å²) in [5.74, 6) is 0.540. The summed E-state index contributed by atoms with van der Waals surface area (Å²) < 4.78 is 9.00. The average molecular weight is 381 g/mol. The Morgan fingerprint density at radius 3 is 2.78 bits per heavy atom. The number of hydrogen-bond donors (Lipinski definition) is 0. The molecule has 1 amide bonds. The van der Waals surface area contributed by atoms with E-state index in [4.69, 9.17) is 4.74 Å². The molecule has 1 atom stereocenters. The van der Waals surface area contributed by atoms with Gasteiger partial charge >= 0.3 is 0 Å². The van der Waals surface area contributed by atoms with Crippen molar-refractivity contribution >= 4 is 34.0 Å². The van der Waals surface area contributed by atoms with Crippen LogP contribution in [0.25, 0.3) is 10.8 Å². The molecule has 0 aliphatic carbocycles. The molecule has 0 spiro atoms. The summed E-state index contributed by atoms with van der Waals surface area (Å²) in [6, 6.07) is 11.5. The number of hydrogen-bond acceptors (Lipinski definition) is 6. The van der Waals surface area contributed by atoms with Crippen molar-refractivity contribution in [1.29, 1.82) is 0 Å². The summed E-state index contributed by atoms with van der Waals surface area (Å²) >= 11 is 1.16. The second-order valence-electron chi connectivity index (χ2n) is 6.67. The highest BCUT2D eigenvalue weighted by Gasteiger charge is 2.30. The highest BCUT2D eigenvalue weighted by Crippen LogP contribution is 2.26. The van der Waals surface area contributed by atoms with E-state index in [0.29, 0.717) is 24.3 Å². The molecule has 1 unspecified atom stereocenters. The Labute approximate surface area is 160 Å². The number of ketones is 1. The van der Waals surface area contributed by atoms with Gasteiger partial charge in [0, 0.05) is 30.0 Å². The molecule has 1 saturated heterocycles. The van der Waals surface area contributed by atoms with Gasteiger partial charge in [0.05, 0.1) is 7.11 Å². The Hall–Kier alpha value is -2.80. The van der Waals surface area contributed by atoms with E-state index in [1.807, 2.05) is 36.4 Å². The van der Waals surface area contributed by atoms with E-state index in [1.54, 1.807) is 17.4 Å². The molecular formula is C20H19N3O3S. The summed E-state index contributed by atoms with van der Waals surface area (Å²) in [5.41, 5.74) is 1.04. The van der Waals surface area contributed by atoms with Crippen molar-refractivity contribution in [3.63, 3.8) is 0 Å². The van der Waals surface area contributed by atoms with Crippen molar-refractivity contribution in [1.82, 2.24) is 14.5 Å². The van der Waals surface area contributed by atoms with Crippen molar-refractivity contribution in [2.24, 2.45) is 5.92 Å². The summed E-state index contributed by atoms with van der Waals surface area (Å²) in [7, 11) is 1.64. The Morgan fingerprint density at radius 1 is 1.19 bits per heavy atom. The van der Waals surface area contributed by atoms with E-state index < -0.39 is 0 Å². The largest absolute Gasteiger partial charge is 0.497 e. The molecule has 7 heteroatoms. The normalized spacial score (nSPS) is 17.1. The summed E-state index contributed by atoms with van der Waals surface area (Å²) in [6.45, 7) is 1.08. The van der Waals surface area contributed by atoms with Gasteiger partial charge in [-0.25, -0.2) is 0 Å². The predicted octanol–water partition coefficient (Wildman–Crippen LogP) is 3.44. The highest BCUT2D eigenvalue weighted by atomic mass is 32.1. The first-order chi connectivity index (χ1) is 13.2. The minimum Gasteiger partial charge on any atom is -0.497 e. The lowest BCUT2D eigenvalue weighted by Gasteiger charge is -2.31. The van der Waals surface area contributed by atoms with Crippen molar-refractivity contribution in [2.45, 2.75) is 12.8 Å². The first kappa shape index (κ1) is 17.6. The highest BCUT2D eigenvalue weighted by molar-refractivity contribution is 7.03. The Kier molecular flexibility index (Phi) is 4.85. The van der Waals surface area contributed by atoms with Crippen molar-refractivity contribution in [3.05, 3.63) is 53.0 Å². The maximum atomic E-state index is 13.0. The third-order valence-electron chi connectivity index (χ3n) is 4.99. The van der Waals surface area contributed by atoms with Crippen LogP contribution in [-0.2, 0) is 0 Å². The zero-order chi connectivity index (χ0) is 18.8. The third-order valence-corrected chi connectivity index (χ3v) is 5.50. The Morgan fingerprint density at radius 2 is 2.00 bits per heavy atom. The number of methoxy groups -OCH3 is 1. The SMILES string of the molecule is COc1ccc2cc(C(=O)C3CCCN(C(=O)c4csnn4)C3)ccc2c1. The van der Waals surface area contributed by atoms with Crippen molar-refractivity contribution in [2.75, 3.05) is 20.2 Å². The van der Waals surface area contributed by atoms with Gasteiger partial charge < -0.3 is 9.64 Å². The first-order valence-electron chi connectivity index (χ1n) is 8.84. The molecule has 1 fully saturated rings. The van der Waals surface area contributed by atoms with Crippen LogP contribution in [0.4, 0.5) is 0 Å². The molecule has 27 heavy (non-hydrogen) atoms. The third kappa shape index (κ3) is 3.55. The molecule has 1 aliphatic rings. The monoisotopic (exact) mass is 381 g/mol. The van der Waals surface area contributed by atoms with Crippen LogP contribution in [0.5, 0.6) is 5.75 Å². The van der Waals surface area contributed by atoms with E-state index in [0.717, 1.165) is 40.9 Å². The fourth-order valence-corrected chi connectivity index (χ4v) is 3.97. The van der Waals surface area contributed by atoms with Crippen LogP contribution in [-0.4, -0.2) is 46.4 Å². The Bertz CT molecular complexity index is 987. The molecule has 1 aromatic heterocycles. The van der Waals surface area contributed by atoms with Crippen LogP contribution in [0, 0.1) is 5.92 Å². The summed E-state index contributed by atoms with van der Waals surface area (Å²) in [5, 5.41) is 7.52. The van der Waals surface area contributed by atoms with E-state index >= 15 is 0 Å². The van der Waals surface area contributed by atoms with Gasteiger partial charge in [0.1, 0.15) is 5.75 Å². The second kappa shape index (κ2) is 7.44. The van der Waals surface area contributed by atoms with Gasteiger partial charge in [-0.3, -0.25) is 9.59 Å².